The van der Waals surface area contributed by atoms with Crippen LogP contribution in [-0.2, 0) is 14.8 Å². The Kier molecular flexibility index (Phi) is 4.22. The lowest BCUT2D eigenvalue weighted by molar-refractivity contribution is -0.116. The van der Waals surface area contributed by atoms with E-state index in [0.717, 1.165) is 0 Å². The van der Waals surface area contributed by atoms with Gasteiger partial charge >= 0.3 is 0 Å². The van der Waals surface area contributed by atoms with E-state index < -0.39 is 15.4 Å². The molecule has 1 amide bonds. The van der Waals surface area contributed by atoms with Crippen LogP contribution in [-0.4, -0.2) is 69.7 Å². The summed E-state index contributed by atoms with van der Waals surface area (Å²) in [6.07, 6.45) is 0. The number of carbonyl (C=O) groups excluding carboxylic acids is 1. The predicted molar refractivity (Wildman–Crippen MR) is 94.6 cm³/mol. The second-order valence-corrected chi connectivity index (χ2v) is 9.23. The van der Waals surface area contributed by atoms with Gasteiger partial charge in [-0.25, -0.2) is 8.42 Å². The highest BCUT2D eigenvalue weighted by atomic mass is 32.2. The van der Waals surface area contributed by atoms with Crippen LogP contribution in [0, 0.1) is 11.3 Å². The van der Waals surface area contributed by atoms with Gasteiger partial charge in [0.25, 0.3) is 0 Å². The third-order valence-electron chi connectivity index (χ3n) is 5.78. The van der Waals surface area contributed by atoms with Crippen molar-refractivity contribution >= 4 is 21.6 Å². The molecular weight excluding hydrogens is 358 g/mol. The first-order valence-electron chi connectivity index (χ1n) is 8.74. The molecule has 0 bridgehead atoms. The van der Waals surface area contributed by atoms with Gasteiger partial charge in [-0.1, -0.05) is 0 Å². The largest absolute Gasteiger partial charge is 0.490 e. The molecule has 0 aromatic heterocycles. The molecule has 0 saturated carbocycles. The van der Waals surface area contributed by atoms with E-state index in [9.17, 15) is 18.3 Å². The van der Waals surface area contributed by atoms with Crippen LogP contribution in [0.2, 0.25) is 0 Å². The maximum Gasteiger partial charge on any atom is 0.243 e. The van der Waals surface area contributed by atoms with Crippen LogP contribution < -0.4 is 15.0 Å². The van der Waals surface area contributed by atoms with Gasteiger partial charge in [-0.2, -0.15) is 4.31 Å². The summed E-state index contributed by atoms with van der Waals surface area (Å²) in [5, 5.41) is 13.1. The molecule has 3 aliphatic rings. The Morgan fingerprint density at radius 3 is 2.96 bits per heavy atom. The van der Waals surface area contributed by atoms with Gasteiger partial charge in [0.1, 0.15) is 12.4 Å². The van der Waals surface area contributed by atoms with E-state index in [1.807, 2.05) is 0 Å². The summed E-state index contributed by atoms with van der Waals surface area (Å²) >= 11 is 0. The summed E-state index contributed by atoms with van der Waals surface area (Å²) in [4.78, 5) is 13.6. The van der Waals surface area contributed by atoms with E-state index in [1.165, 1.54) is 28.3 Å². The van der Waals surface area contributed by atoms with Gasteiger partial charge in [0.15, 0.2) is 0 Å². The highest BCUT2D eigenvalue weighted by Gasteiger charge is 2.52. The van der Waals surface area contributed by atoms with Crippen LogP contribution in [0.25, 0.3) is 0 Å². The molecule has 2 atom stereocenters. The van der Waals surface area contributed by atoms with Gasteiger partial charge in [0.2, 0.25) is 15.9 Å². The van der Waals surface area contributed by atoms with Crippen LogP contribution in [0.5, 0.6) is 5.75 Å². The van der Waals surface area contributed by atoms with Crippen LogP contribution in [0.4, 0.5) is 5.69 Å². The molecule has 26 heavy (non-hydrogen) atoms. The molecule has 9 heteroatoms. The number of anilines is 1. The number of nitrogens with zero attached hydrogens (tertiary/aromatic N) is 2. The molecule has 142 valence electrons. The molecule has 8 nitrogen and oxygen atoms in total. The molecule has 0 spiro atoms. The van der Waals surface area contributed by atoms with Crippen molar-refractivity contribution in [2.45, 2.75) is 11.8 Å². The minimum Gasteiger partial charge on any atom is -0.490 e. The number of rotatable bonds is 3. The van der Waals surface area contributed by atoms with Crippen molar-refractivity contribution in [2.75, 3.05) is 50.8 Å². The summed E-state index contributed by atoms with van der Waals surface area (Å²) in [5.41, 5.74) is 0.0817. The van der Waals surface area contributed by atoms with Crippen molar-refractivity contribution in [1.29, 1.82) is 0 Å². The van der Waals surface area contributed by atoms with Gasteiger partial charge in [-0.05, 0) is 30.7 Å². The minimum atomic E-state index is -3.71. The van der Waals surface area contributed by atoms with E-state index in [1.54, 1.807) is 6.07 Å². The van der Waals surface area contributed by atoms with Gasteiger partial charge in [-0.3, -0.25) is 4.79 Å². The summed E-state index contributed by atoms with van der Waals surface area (Å²) in [7, 11) is -3.71. The van der Waals surface area contributed by atoms with Crippen molar-refractivity contribution in [1.82, 2.24) is 9.62 Å². The summed E-state index contributed by atoms with van der Waals surface area (Å²) < 4.78 is 33.3. The quantitative estimate of drug-likeness (QED) is 0.742. The fourth-order valence-corrected chi connectivity index (χ4v) is 5.82. The third-order valence-corrected chi connectivity index (χ3v) is 7.58. The van der Waals surface area contributed by atoms with E-state index in [2.05, 4.69) is 5.32 Å². The van der Waals surface area contributed by atoms with Crippen LogP contribution in [0.3, 0.4) is 0 Å². The number of amides is 1. The average molecular weight is 381 g/mol. The smallest absolute Gasteiger partial charge is 0.243 e. The summed E-state index contributed by atoms with van der Waals surface area (Å²) in [6, 6.07) is 4.65. The molecule has 1 aromatic rings. The van der Waals surface area contributed by atoms with Gasteiger partial charge in [0, 0.05) is 32.0 Å². The van der Waals surface area contributed by atoms with Crippen molar-refractivity contribution in [2.24, 2.45) is 11.3 Å². The van der Waals surface area contributed by atoms with Crippen LogP contribution in [0.15, 0.2) is 23.1 Å². The van der Waals surface area contributed by atoms with Crippen molar-refractivity contribution in [3.8, 4) is 5.75 Å². The number of aliphatic hydroxyl groups is 1. The van der Waals surface area contributed by atoms with Crippen LogP contribution in [0.1, 0.15) is 6.92 Å². The minimum absolute atomic E-state index is 0.0349. The molecule has 2 fully saturated rings. The van der Waals surface area contributed by atoms with E-state index in [-0.39, 0.29) is 23.3 Å². The highest BCUT2D eigenvalue weighted by molar-refractivity contribution is 7.89. The van der Waals surface area contributed by atoms with Gasteiger partial charge in [0.05, 0.1) is 23.7 Å². The highest BCUT2D eigenvalue weighted by Crippen LogP contribution is 2.42. The molecule has 2 saturated heterocycles. The normalized spacial score (nSPS) is 28.5. The molecular formula is C17H23N3O5S. The van der Waals surface area contributed by atoms with E-state index in [0.29, 0.717) is 50.8 Å². The van der Waals surface area contributed by atoms with Crippen molar-refractivity contribution in [3.05, 3.63) is 18.2 Å². The second kappa shape index (κ2) is 6.19. The number of carbonyl (C=O) groups is 1. The number of sulfonamides is 1. The average Bonchev–Trinajstić information content (AvgIpc) is 3.18. The van der Waals surface area contributed by atoms with E-state index >= 15 is 0 Å². The Balaban J connectivity index is 1.67. The molecule has 3 heterocycles. The lowest BCUT2D eigenvalue weighted by Gasteiger charge is -2.29. The number of ether oxygens (including phenoxy) is 1. The number of hydrogen-bond donors (Lipinski definition) is 2. The molecule has 4 rings (SSSR count). The first-order chi connectivity index (χ1) is 12.4. The first kappa shape index (κ1) is 17.7. The lowest BCUT2D eigenvalue weighted by Crippen LogP contribution is -2.38. The lowest BCUT2D eigenvalue weighted by atomic mass is 9.82. The number of fused-ring (bicyclic) bond motifs is 2. The van der Waals surface area contributed by atoms with E-state index in [4.69, 9.17) is 4.74 Å². The second-order valence-electron chi connectivity index (χ2n) is 7.29. The number of nitrogens with one attached hydrogen (secondary N) is 1. The van der Waals surface area contributed by atoms with Crippen molar-refractivity contribution < 1.29 is 23.1 Å². The SMILES string of the molecule is CC(=O)N1CCOc2ccc(S(=O)(=O)N3CC4CNCC4(CO)C3)cc21. The predicted octanol–water partition coefficient (Wildman–Crippen LogP) is -0.366. The molecule has 2 N–H and O–H groups in total. The molecule has 0 radical (unpaired) electrons. The summed E-state index contributed by atoms with van der Waals surface area (Å²) in [5.74, 6) is 0.474. The maximum atomic E-state index is 13.2. The maximum absolute atomic E-state index is 13.2. The Labute approximate surface area is 152 Å². The monoisotopic (exact) mass is 381 g/mol. The third kappa shape index (κ3) is 2.61. The molecule has 0 aliphatic carbocycles. The molecule has 2 unspecified atom stereocenters. The Bertz CT molecular complexity index is 843. The van der Waals surface area contributed by atoms with Gasteiger partial charge < -0.3 is 20.1 Å². The number of aliphatic hydroxyl groups excluding tert-OH is 1. The topological polar surface area (TPSA) is 99.2 Å². The Morgan fingerprint density at radius 1 is 1.46 bits per heavy atom. The Morgan fingerprint density at radius 2 is 2.27 bits per heavy atom. The number of benzene rings is 1. The van der Waals surface area contributed by atoms with Gasteiger partial charge in [-0.15, -0.1) is 0 Å². The van der Waals surface area contributed by atoms with Crippen LogP contribution >= 0.6 is 0 Å². The zero-order valence-electron chi connectivity index (χ0n) is 14.6. The zero-order chi connectivity index (χ0) is 18.5. The van der Waals surface area contributed by atoms with Crippen molar-refractivity contribution in [3.63, 3.8) is 0 Å². The fraction of sp³-hybridized carbons (Fsp3) is 0.588. The standard InChI is InChI=1S/C17H23N3O5S/c1-12(22)20-4-5-25-16-3-2-14(6-15(16)20)26(23,24)19-8-13-7-18-9-17(13,10-19)11-21/h2-3,6,13,18,21H,4-5,7-11H2,1H3. The number of hydrogen-bond acceptors (Lipinski definition) is 6. The first-order valence-corrected chi connectivity index (χ1v) is 10.2. The Hall–Kier alpha value is -1.68. The fourth-order valence-electron chi connectivity index (χ4n) is 4.21. The zero-order valence-corrected chi connectivity index (χ0v) is 15.5. The molecule has 3 aliphatic heterocycles. The summed E-state index contributed by atoms with van der Waals surface area (Å²) in [6.45, 7) is 4.23. The molecule has 1 aromatic carbocycles.